The molecule has 2 aromatic rings. The van der Waals surface area contributed by atoms with E-state index in [2.05, 4.69) is 20.2 Å². The van der Waals surface area contributed by atoms with Crippen LogP contribution < -0.4 is 10.0 Å². The minimum absolute atomic E-state index is 0.211. The molecule has 0 fully saturated rings. The minimum Gasteiger partial charge on any atom is -0.463 e. The summed E-state index contributed by atoms with van der Waals surface area (Å²) >= 11 is 0. The summed E-state index contributed by atoms with van der Waals surface area (Å²) in [6.07, 6.45) is 2.55. The van der Waals surface area contributed by atoms with Gasteiger partial charge >= 0.3 is 0 Å². The fourth-order valence-corrected chi connectivity index (χ4v) is 2.46. The molecule has 0 aliphatic carbocycles. The molecule has 0 aliphatic rings. The number of furan rings is 1. The summed E-state index contributed by atoms with van der Waals surface area (Å²) in [7, 11) is -3.42. The van der Waals surface area contributed by atoms with Crippen molar-refractivity contribution < 1.29 is 17.6 Å². The lowest BCUT2D eigenvalue weighted by Crippen LogP contribution is -2.44. The van der Waals surface area contributed by atoms with Crippen LogP contribution in [0, 0.1) is 0 Å². The van der Waals surface area contributed by atoms with E-state index in [-0.39, 0.29) is 6.54 Å². The predicted molar refractivity (Wildman–Crippen MR) is 75.6 cm³/mol. The monoisotopic (exact) mass is 312 g/mol. The van der Waals surface area contributed by atoms with Crippen LogP contribution in [0.15, 0.2) is 28.9 Å². The minimum atomic E-state index is -3.42. The van der Waals surface area contributed by atoms with Crippen molar-refractivity contribution in [1.29, 1.82) is 0 Å². The van der Waals surface area contributed by atoms with Crippen LogP contribution in [0.4, 0.5) is 0 Å². The van der Waals surface area contributed by atoms with E-state index in [0.717, 1.165) is 6.26 Å². The number of H-pyrrole nitrogens is 1. The highest BCUT2D eigenvalue weighted by atomic mass is 32.2. The first-order valence-electron chi connectivity index (χ1n) is 6.18. The van der Waals surface area contributed by atoms with Crippen molar-refractivity contribution in [3.05, 3.63) is 30.2 Å². The highest BCUT2D eigenvalue weighted by molar-refractivity contribution is 7.88. The van der Waals surface area contributed by atoms with Crippen molar-refractivity contribution >= 4 is 15.9 Å². The van der Waals surface area contributed by atoms with Crippen molar-refractivity contribution in [2.45, 2.75) is 19.5 Å². The van der Waals surface area contributed by atoms with Crippen LogP contribution in [0.1, 0.15) is 12.6 Å². The van der Waals surface area contributed by atoms with E-state index in [9.17, 15) is 13.2 Å². The number of carbonyl (C=O) groups excluding carboxylic acids is 1. The van der Waals surface area contributed by atoms with Gasteiger partial charge in [-0.05, 0) is 25.1 Å². The number of aromatic amines is 1. The van der Waals surface area contributed by atoms with Gasteiger partial charge in [-0.15, -0.1) is 0 Å². The second kappa shape index (κ2) is 6.10. The van der Waals surface area contributed by atoms with E-state index in [1.54, 1.807) is 24.5 Å². The van der Waals surface area contributed by atoms with E-state index in [0.29, 0.717) is 17.1 Å². The zero-order chi connectivity index (χ0) is 15.5. The number of carbonyl (C=O) groups is 1. The molecule has 2 rings (SSSR count). The van der Waals surface area contributed by atoms with Crippen LogP contribution in [0.3, 0.4) is 0 Å². The second-order valence-corrected chi connectivity index (χ2v) is 6.37. The molecule has 21 heavy (non-hydrogen) atoms. The molecule has 0 saturated carbocycles. The third kappa shape index (κ3) is 4.43. The predicted octanol–water partition coefficient (Wildman–Crippen LogP) is 0.224. The molecule has 1 amide bonds. The number of nitrogens with zero attached hydrogens (tertiary/aromatic N) is 1. The molecule has 1 atom stereocenters. The number of hydrogen-bond donors (Lipinski definition) is 3. The molecule has 0 bridgehead atoms. The Balaban J connectivity index is 1.90. The first-order chi connectivity index (χ1) is 9.85. The number of aromatic nitrogens is 2. The molecule has 114 valence electrons. The fourth-order valence-electron chi connectivity index (χ4n) is 1.71. The van der Waals surface area contributed by atoms with Crippen LogP contribution in [-0.4, -0.2) is 36.8 Å². The first-order valence-corrected chi connectivity index (χ1v) is 8.07. The zero-order valence-electron chi connectivity index (χ0n) is 11.6. The van der Waals surface area contributed by atoms with E-state index in [1.807, 2.05) is 0 Å². The summed E-state index contributed by atoms with van der Waals surface area (Å²) in [5.41, 5.74) is 1.31. The van der Waals surface area contributed by atoms with E-state index in [4.69, 9.17) is 4.42 Å². The topological polar surface area (TPSA) is 117 Å². The van der Waals surface area contributed by atoms with Gasteiger partial charge in [0, 0.05) is 0 Å². The smallest absolute Gasteiger partial charge is 0.238 e. The Kier molecular flexibility index (Phi) is 4.43. The van der Waals surface area contributed by atoms with Gasteiger partial charge in [0.05, 0.1) is 30.8 Å². The Morgan fingerprint density at radius 1 is 1.52 bits per heavy atom. The Morgan fingerprint density at radius 2 is 2.29 bits per heavy atom. The molecule has 2 aromatic heterocycles. The molecule has 8 nitrogen and oxygen atoms in total. The maximum absolute atomic E-state index is 11.7. The van der Waals surface area contributed by atoms with Gasteiger partial charge in [-0.3, -0.25) is 9.89 Å². The van der Waals surface area contributed by atoms with Crippen molar-refractivity contribution in [2.24, 2.45) is 0 Å². The Labute approximate surface area is 122 Å². The average molecular weight is 312 g/mol. The molecule has 0 saturated heterocycles. The summed E-state index contributed by atoms with van der Waals surface area (Å²) in [6.45, 7) is 1.68. The second-order valence-electron chi connectivity index (χ2n) is 4.59. The molecular formula is C12H16N4O4S. The van der Waals surface area contributed by atoms with Crippen molar-refractivity contribution in [2.75, 3.05) is 6.26 Å². The van der Waals surface area contributed by atoms with Gasteiger partial charge in [0.25, 0.3) is 0 Å². The summed E-state index contributed by atoms with van der Waals surface area (Å²) in [6, 6.07) is 4.43. The number of amides is 1. The zero-order valence-corrected chi connectivity index (χ0v) is 12.4. The maximum atomic E-state index is 11.7. The lowest BCUT2D eigenvalue weighted by atomic mass is 10.3. The fraction of sp³-hybridized carbons (Fsp3) is 0.333. The van der Waals surface area contributed by atoms with Gasteiger partial charge in [0.2, 0.25) is 15.9 Å². The molecule has 0 aromatic carbocycles. The van der Waals surface area contributed by atoms with Crippen LogP contribution in [0.2, 0.25) is 0 Å². The Hall–Kier alpha value is -2.13. The van der Waals surface area contributed by atoms with Gasteiger partial charge in [-0.1, -0.05) is 0 Å². The standard InChI is InChI=1S/C12H16N4O4S/c1-8(16-21(2,18)19)12(17)13-7-9-6-10(15-14-9)11-4-3-5-20-11/h3-6,8,16H,7H2,1-2H3,(H,13,17)(H,14,15)/t8-/m0/s1. The highest BCUT2D eigenvalue weighted by Gasteiger charge is 2.16. The molecule has 0 spiro atoms. The molecule has 2 heterocycles. The van der Waals surface area contributed by atoms with Gasteiger partial charge in [-0.2, -0.15) is 5.10 Å². The maximum Gasteiger partial charge on any atom is 0.238 e. The quantitative estimate of drug-likeness (QED) is 0.705. The average Bonchev–Trinajstić information content (AvgIpc) is 3.04. The van der Waals surface area contributed by atoms with Crippen LogP contribution >= 0.6 is 0 Å². The summed E-state index contributed by atoms with van der Waals surface area (Å²) in [5, 5.41) is 9.44. The molecule has 0 unspecified atom stereocenters. The Morgan fingerprint density at radius 3 is 2.90 bits per heavy atom. The molecule has 3 N–H and O–H groups in total. The van der Waals surface area contributed by atoms with Crippen LogP contribution in [-0.2, 0) is 21.4 Å². The van der Waals surface area contributed by atoms with Gasteiger partial charge in [0.1, 0.15) is 5.69 Å². The van der Waals surface area contributed by atoms with Crippen LogP contribution in [0.25, 0.3) is 11.5 Å². The summed E-state index contributed by atoms with van der Waals surface area (Å²) in [4.78, 5) is 11.7. The first kappa shape index (κ1) is 15.3. The largest absolute Gasteiger partial charge is 0.463 e. The van der Waals surface area contributed by atoms with Gasteiger partial charge < -0.3 is 9.73 Å². The molecular weight excluding hydrogens is 296 g/mol. The Bertz CT molecular complexity index is 705. The van der Waals surface area contributed by atoms with Crippen molar-refractivity contribution in [3.8, 4) is 11.5 Å². The summed E-state index contributed by atoms with van der Waals surface area (Å²) < 4.78 is 29.5. The van der Waals surface area contributed by atoms with Crippen molar-refractivity contribution in [1.82, 2.24) is 20.2 Å². The van der Waals surface area contributed by atoms with Crippen LogP contribution in [0.5, 0.6) is 0 Å². The number of nitrogens with one attached hydrogen (secondary N) is 3. The molecule has 0 aliphatic heterocycles. The molecule has 0 radical (unpaired) electrons. The van der Waals surface area contributed by atoms with E-state index >= 15 is 0 Å². The highest BCUT2D eigenvalue weighted by Crippen LogP contribution is 2.17. The molecule has 9 heteroatoms. The number of sulfonamides is 1. The number of hydrogen-bond acceptors (Lipinski definition) is 5. The normalized spacial score (nSPS) is 13.0. The SMILES string of the molecule is C[C@H](NS(C)(=O)=O)C(=O)NCc1cc(-c2ccco2)n[nH]1. The van der Waals surface area contributed by atoms with Gasteiger partial charge in [-0.25, -0.2) is 13.1 Å². The third-order valence-corrected chi connectivity index (χ3v) is 3.42. The van der Waals surface area contributed by atoms with E-state index in [1.165, 1.54) is 6.92 Å². The van der Waals surface area contributed by atoms with Gasteiger partial charge in [0.15, 0.2) is 5.76 Å². The summed E-state index contributed by atoms with van der Waals surface area (Å²) in [5.74, 6) is 0.200. The third-order valence-electron chi connectivity index (χ3n) is 2.64. The van der Waals surface area contributed by atoms with Crippen molar-refractivity contribution in [3.63, 3.8) is 0 Å². The number of rotatable bonds is 6. The van der Waals surface area contributed by atoms with E-state index < -0.39 is 22.0 Å². The lowest BCUT2D eigenvalue weighted by Gasteiger charge is -2.11. The lowest BCUT2D eigenvalue weighted by molar-refractivity contribution is -0.122.